The van der Waals surface area contributed by atoms with Gasteiger partial charge < -0.3 is 20.5 Å². The van der Waals surface area contributed by atoms with Crippen LogP contribution in [0.1, 0.15) is 0 Å². The molecule has 1 aromatic rings. The molecule has 0 radical (unpaired) electrons. The van der Waals surface area contributed by atoms with Crippen LogP contribution in [0.4, 0.5) is 5.69 Å². The molecule has 1 heterocycles. The summed E-state index contributed by atoms with van der Waals surface area (Å²) in [5, 5.41) is 15.4. The van der Waals surface area contributed by atoms with E-state index in [1.54, 1.807) is 54.9 Å². The minimum atomic E-state index is -0.970. The van der Waals surface area contributed by atoms with Crippen molar-refractivity contribution >= 4 is 41.0 Å². The maximum Gasteiger partial charge on any atom is 0.313 e. The van der Waals surface area contributed by atoms with Gasteiger partial charge in [0, 0.05) is 35.2 Å². The smallest absolute Gasteiger partial charge is 0.313 e. The molecule has 0 bridgehead atoms. The zero-order valence-corrected chi connectivity index (χ0v) is 14.5. The zero-order chi connectivity index (χ0) is 16.7. The molecule has 23 heavy (non-hydrogen) atoms. The second-order valence-corrected chi connectivity index (χ2v) is 7.41. The molecule has 1 aliphatic rings. The van der Waals surface area contributed by atoms with E-state index >= 15 is 0 Å². The van der Waals surface area contributed by atoms with E-state index in [9.17, 15) is 14.7 Å². The fourth-order valence-electron chi connectivity index (χ4n) is 1.97. The van der Waals surface area contributed by atoms with Crippen molar-refractivity contribution in [3.63, 3.8) is 0 Å². The van der Waals surface area contributed by atoms with Gasteiger partial charge in [-0.15, -0.1) is 0 Å². The van der Waals surface area contributed by atoms with E-state index in [1.165, 1.54) is 0 Å². The van der Waals surface area contributed by atoms with Gasteiger partial charge in [-0.3, -0.25) is 9.59 Å². The van der Waals surface area contributed by atoms with Crippen LogP contribution in [0.5, 0.6) is 5.75 Å². The van der Waals surface area contributed by atoms with Crippen molar-refractivity contribution in [2.24, 2.45) is 0 Å². The fraction of sp³-hybridized carbons (Fsp3) is 0.467. The lowest BCUT2D eigenvalue weighted by molar-refractivity contribution is -0.136. The molecule has 126 valence electrons. The van der Waals surface area contributed by atoms with E-state index in [0.29, 0.717) is 22.9 Å². The molecule has 0 aromatic heterocycles. The van der Waals surface area contributed by atoms with E-state index in [-0.39, 0.29) is 6.54 Å². The Hall–Kier alpha value is -1.38. The summed E-state index contributed by atoms with van der Waals surface area (Å²) in [6, 6.07) is 6.68. The van der Waals surface area contributed by atoms with Gasteiger partial charge in [0.15, 0.2) is 0 Å². The number of carbonyl (C=O) groups is 2. The molecule has 0 aliphatic carbocycles. The number of benzene rings is 1. The Morgan fingerprint density at radius 1 is 1.17 bits per heavy atom. The van der Waals surface area contributed by atoms with Crippen LogP contribution in [0.25, 0.3) is 0 Å². The highest BCUT2D eigenvalue weighted by atomic mass is 32.2. The molecule has 2 amide bonds. The Bertz CT molecular complexity index is 543. The molecule has 8 heteroatoms. The van der Waals surface area contributed by atoms with Crippen LogP contribution in [0.15, 0.2) is 24.3 Å². The first-order valence-corrected chi connectivity index (χ1v) is 9.44. The highest BCUT2D eigenvalue weighted by molar-refractivity contribution is 8.03. The average molecular weight is 356 g/mol. The summed E-state index contributed by atoms with van der Waals surface area (Å²) in [5.41, 5.74) is -0.465. The third-order valence-corrected chi connectivity index (χ3v) is 5.97. The number of aliphatic hydroxyl groups is 1. The van der Waals surface area contributed by atoms with Crippen LogP contribution in [0.3, 0.4) is 0 Å². The van der Waals surface area contributed by atoms with Crippen molar-refractivity contribution in [3.8, 4) is 5.75 Å². The summed E-state index contributed by atoms with van der Waals surface area (Å²) in [7, 11) is 1.55. The second kappa shape index (κ2) is 8.47. The van der Waals surface area contributed by atoms with Crippen LogP contribution < -0.4 is 15.4 Å². The molecule has 0 spiro atoms. The molecule has 6 nitrogen and oxygen atoms in total. The third-order valence-electron chi connectivity index (χ3n) is 3.25. The molecular formula is C15H20N2O4S2. The monoisotopic (exact) mass is 356 g/mol. The van der Waals surface area contributed by atoms with E-state index in [2.05, 4.69) is 10.6 Å². The first-order chi connectivity index (χ1) is 11.0. The lowest BCUT2D eigenvalue weighted by Gasteiger charge is -2.25. The summed E-state index contributed by atoms with van der Waals surface area (Å²) < 4.78 is 5.02. The number of nitrogens with one attached hydrogen (secondary N) is 2. The van der Waals surface area contributed by atoms with E-state index in [4.69, 9.17) is 4.74 Å². The number of carbonyl (C=O) groups excluding carboxylic acids is 2. The number of anilines is 1. The predicted octanol–water partition coefficient (Wildman–Crippen LogP) is 0.961. The summed E-state index contributed by atoms with van der Waals surface area (Å²) in [6.45, 7) is 0.0713. The van der Waals surface area contributed by atoms with Gasteiger partial charge in [-0.05, 0) is 24.3 Å². The average Bonchev–Trinajstić information content (AvgIpc) is 2.78. The summed E-state index contributed by atoms with van der Waals surface area (Å²) in [5.74, 6) is 2.23. The van der Waals surface area contributed by atoms with Crippen LogP contribution in [0, 0.1) is 0 Å². The molecule has 1 saturated heterocycles. The number of hydrogen-bond acceptors (Lipinski definition) is 6. The Morgan fingerprint density at radius 2 is 1.78 bits per heavy atom. The van der Waals surface area contributed by atoms with Crippen molar-refractivity contribution in [2.45, 2.75) is 5.60 Å². The Morgan fingerprint density at radius 3 is 2.35 bits per heavy atom. The van der Waals surface area contributed by atoms with Crippen molar-refractivity contribution in [1.29, 1.82) is 0 Å². The largest absolute Gasteiger partial charge is 0.497 e. The number of methoxy groups -OCH3 is 1. The SMILES string of the molecule is COc1ccc(NC(=O)C(=O)NCC2(O)CSCCSC2)cc1. The molecule has 2 rings (SSSR count). The molecule has 0 saturated carbocycles. The lowest BCUT2D eigenvalue weighted by atomic mass is 10.1. The fourth-order valence-corrected chi connectivity index (χ4v) is 4.50. The van der Waals surface area contributed by atoms with Gasteiger partial charge in [-0.25, -0.2) is 0 Å². The van der Waals surface area contributed by atoms with Gasteiger partial charge >= 0.3 is 11.8 Å². The molecule has 0 unspecified atom stereocenters. The Kier molecular flexibility index (Phi) is 6.61. The van der Waals surface area contributed by atoms with Crippen LogP contribution >= 0.6 is 23.5 Å². The Labute approximate surface area is 143 Å². The number of hydrogen-bond donors (Lipinski definition) is 3. The topological polar surface area (TPSA) is 87.7 Å². The van der Waals surface area contributed by atoms with Gasteiger partial charge in [-0.2, -0.15) is 23.5 Å². The Balaban J connectivity index is 1.83. The quantitative estimate of drug-likeness (QED) is 0.697. The number of amides is 2. The molecule has 0 atom stereocenters. The van der Waals surface area contributed by atoms with Crippen molar-refractivity contribution in [3.05, 3.63) is 24.3 Å². The van der Waals surface area contributed by atoms with E-state index in [1.807, 2.05) is 0 Å². The van der Waals surface area contributed by atoms with Crippen LogP contribution in [-0.4, -0.2) is 59.2 Å². The van der Waals surface area contributed by atoms with Gasteiger partial charge in [0.25, 0.3) is 0 Å². The van der Waals surface area contributed by atoms with E-state index < -0.39 is 17.4 Å². The molecular weight excluding hydrogens is 336 g/mol. The standard InChI is InChI=1S/C15H20N2O4S2/c1-21-12-4-2-11(3-5-12)17-14(19)13(18)16-8-15(20)9-22-6-7-23-10-15/h2-5,20H,6-10H2,1H3,(H,16,18)(H,17,19). The number of thioether (sulfide) groups is 2. The third kappa shape index (κ3) is 5.63. The normalized spacial score (nSPS) is 17.0. The molecule has 3 N–H and O–H groups in total. The highest BCUT2D eigenvalue weighted by Crippen LogP contribution is 2.24. The summed E-state index contributed by atoms with van der Waals surface area (Å²) in [4.78, 5) is 23.7. The zero-order valence-electron chi connectivity index (χ0n) is 12.8. The predicted molar refractivity (Wildman–Crippen MR) is 94.2 cm³/mol. The molecule has 1 aliphatic heterocycles. The second-order valence-electron chi connectivity index (χ2n) is 5.19. The van der Waals surface area contributed by atoms with Crippen molar-refractivity contribution < 1.29 is 19.4 Å². The number of rotatable bonds is 4. The first-order valence-electron chi connectivity index (χ1n) is 7.13. The van der Waals surface area contributed by atoms with E-state index in [0.717, 1.165) is 11.5 Å². The minimum Gasteiger partial charge on any atom is -0.497 e. The molecule has 1 fully saturated rings. The summed E-state index contributed by atoms with van der Waals surface area (Å²) in [6.07, 6.45) is 0. The van der Waals surface area contributed by atoms with Crippen LogP contribution in [-0.2, 0) is 9.59 Å². The van der Waals surface area contributed by atoms with Crippen molar-refractivity contribution in [1.82, 2.24) is 5.32 Å². The van der Waals surface area contributed by atoms with Gasteiger partial charge in [0.05, 0.1) is 12.7 Å². The number of ether oxygens (including phenoxy) is 1. The van der Waals surface area contributed by atoms with Gasteiger partial charge in [0.1, 0.15) is 5.75 Å². The van der Waals surface area contributed by atoms with Crippen molar-refractivity contribution in [2.75, 3.05) is 42.0 Å². The van der Waals surface area contributed by atoms with Gasteiger partial charge in [0.2, 0.25) is 0 Å². The van der Waals surface area contributed by atoms with Crippen LogP contribution in [0.2, 0.25) is 0 Å². The summed E-state index contributed by atoms with van der Waals surface area (Å²) >= 11 is 3.31. The molecule has 1 aromatic carbocycles. The lowest BCUT2D eigenvalue weighted by Crippen LogP contribution is -2.49. The first kappa shape index (κ1) is 18.0. The maximum absolute atomic E-state index is 11.9. The maximum atomic E-state index is 11.9. The van der Waals surface area contributed by atoms with Gasteiger partial charge in [-0.1, -0.05) is 0 Å². The minimum absolute atomic E-state index is 0.0713. The highest BCUT2D eigenvalue weighted by Gasteiger charge is 2.30.